The van der Waals surface area contributed by atoms with E-state index in [0.29, 0.717) is 0 Å². The highest BCUT2D eigenvalue weighted by Gasteiger charge is 2.01. The molecular weight excluding hydrogens is 196 g/mol. The van der Waals surface area contributed by atoms with Gasteiger partial charge in [0.25, 0.3) is 0 Å². The summed E-state index contributed by atoms with van der Waals surface area (Å²) in [5.74, 6) is 0. The molecule has 0 aromatic carbocycles. The van der Waals surface area contributed by atoms with Crippen molar-refractivity contribution >= 4 is 11.5 Å². The van der Waals surface area contributed by atoms with Crippen molar-refractivity contribution in [2.45, 2.75) is 19.9 Å². The molecule has 80 valence electrons. The summed E-state index contributed by atoms with van der Waals surface area (Å²) in [4.78, 5) is 3.44. The van der Waals surface area contributed by atoms with E-state index in [9.17, 15) is 0 Å². The maximum Gasteiger partial charge on any atom is 0.0769 e. The van der Waals surface area contributed by atoms with Gasteiger partial charge in [-0.15, -0.1) is 5.10 Å². The van der Waals surface area contributed by atoms with Gasteiger partial charge >= 0.3 is 0 Å². The summed E-state index contributed by atoms with van der Waals surface area (Å²) in [6.45, 7) is 5.08. The van der Waals surface area contributed by atoms with Gasteiger partial charge < -0.3 is 10.2 Å². The van der Waals surface area contributed by atoms with E-state index in [4.69, 9.17) is 0 Å². The largest absolute Gasteiger partial charge is 0.312 e. The first kappa shape index (κ1) is 11.6. The summed E-state index contributed by atoms with van der Waals surface area (Å²) in [6, 6.07) is 0. The molecule has 4 nitrogen and oxygen atoms in total. The van der Waals surface area contributed by atoms with E-state index >= 15 is 0 Å². The van der Waals surface area contributed by atoms with Gasteiger partial charge in [-0.25, -0.2) is 0 Å². The Bertz CT molecular complexity index is 259. The topological polar surface area (TPSA) is 41.1 Å². The fourth-order valence-electron chi connectivity index (χ4n) is 1.14. The zero-order valence-electron chi connectivity index (χ0n) is 9.08. The summed E-state index contributed by atoms with van der Waals surface area (Å²) in [7, 11) is 4.19. The molecule has 0 spiro atoms. The average molecular weight is 214 g/mol. The number of hydrogen-bond acceptors (Lipinski definition) is 5. The molecule has 0 bridgehead atoms. The molecule has 0 aliphatic rings. The van der Waals surface area contributed by atoms with E-state index in [1.165, 1.54) is 22.8 Å². The minimum Gasteiger partial charge on any atom is -0.312 e. The van der Waals surface area contributed by atoms with Gasteiger partial charge in [0.2, 0.25) is 0 Å². The van der Waals surface area contributed by atoms with Crippen molar-refractivity contribution in [3.05, 3.63) is 10.6 Å². The van der Waals surface area contributed by atoms with Crippen LogP contribution in [0.4, 0.5) is 0 Å². The molecule has 0 aliphatic carbocycles. The van der Waals surface area contributed by atoms with E-state index < -0.39 is 0 Å². The summed E-state index contributed by atoms with van der Waals surface area (Å²) in [6.07, 6.45) is 1.18. The second-order valence-electron chi connectivity index (χ2n) is 3.62. The lowest BCUT2D eigenvalue weighted by Gasteiger charge is -2.09. The van der Waals surface area contributed by atoms with Gasteiger partial charge in [-0.1, -0.05) is 4.49 Å². The number of aromatic nitrogens is 2. The summed E-state index contributed by atoms with van der Waals surface area (Å²) in [5.41, 5.74) is 1.05. The molecule has 0 saturated heterocycles. The molecule has 0 amide bonds. The predicted octanol–water partition coefficient (Wildman–Crippen LogP) is 0.888. The second kappa shape index (κ2) is 6.06. The van der Waals surface area contributed by atoms with Crippen LogP contribution in [0.3, 0.4) is 0 Å². The third kappa shape index (κ3) is 4.13. The first-order valence-corrected chi connectivity index (χ1v) is 5.61. The van der Waals surface area contributed by atoms with Crippen LogP contribution in [0.25, 0.3) is 0 Å². The Morgan fingerprint density at radius 1 is 1.43 bits per heavy atom. The van der Waals surface area contributed by atoms with Crippen LogP contribution in [0, 0.1) is 6.92 Å². The van der Waals surface area contributed by atoms with E-state index in [2.05, 4.69) is 33.9 Å². The molecule has 0 unspecified atom stereocenters. The van der Waals surface area contributed by atoms with Crippen LogP contribution in [0.2, 0.25) is 0 Å². The highest BCUT2D eigenvalue weighted by Crippen LogP contribution is 2.07. The van der Waals surface area contributed by atoms with Crippen molar-refractivity contribution in [1.82, 2.24) is 19.8 Å². The van der Waals surface area contributed by atoms with Crippen molar-refractivity contribution in [2.24, 2.45) is 0 Å². The zero-order chi connectivity index (χ0) is 10.4. The highest BCUT2D eigenvalue weighted by atomic mass is 32.1. The maximum absolute atomic E-state index is 3.96. The number of hydrogen-bond donors (Lipinski definition) is 1. The molecule has 0 radical (unpaired) electrons. The smallest absolute Gasteiger partial charge is 0.0769 e. The minimum absolute atomic E-state index is 0.900. The molecule has 1 aromatic rings. The third-order valence-corrected chi connectivity index (χ3v) is 2.81. The van der Waals surface area contributed by atoms with Gasteiger partial charge in [0.05, 0.1) is 10.6 Å². The number of rotatable bonds is 6. The van der Waals surface area contributed by atoms with Crippen LogP contribution >= 0.6 is 11.5 Å². The van der Waals surface area contributed by atoms with Gasteiger partial charge in [-0.05, 0) is 52.1 Å². The molecule has 0 fully saturated rings. The van der Waals surface area contributed by atoms with E-state index in [-0.39, 0.29) is 0 Å². The zero-order valence-corrected chi connectivity index (χ0v) is 9.89. The Hall–Kier alpha value is -0.520. The first-order chi connectivity index (χ1) is 6.70. The summed E-state index contributed by atoms with van der Waals surface area (Å²) >= 11 is 1.48. The summed E-state index contributed by atoms with van der Waals surface area (Å²) in [5, 5.41) is 7.35. The van der Waals surface area contributed by atoms with E-state index in [1.54, 1.807) is 0 Å². The fraction of sp³-hybridized carbons (Fsp3) is 0.778. The lowest BCUT2D eigenvalue weighted by atomic mass is 10.3. The molecule has 0 saturated carbocycles. The molecular formula is C9H18N4S. The van der Waals surface area contributed by atoms with Crippen molar-refractivity contribution in [1.29, 1.82) is 0 Å². The lowest BCUT2D eigenvalue weighted by molar-refractivity contribution is 0.394. The van der Waals surface area contributed by atoms with Crippen LogP contribution < -0.4 is 5.32 Å². The fourth-order valence-corrected chi connectivity index (χ4v) is 1.74. The monoisotopic (exact) mass is 214 g/mol. The van der Waals surface area contributed by atoms with Gasteiger partial charge in [-0.2, -0.15) is 0 Å². The standard InChI is InChI=1S/C9H18N4S/c1-8-9(14-12-11-8)7-10-5-4-6-13(2)3/h10H,4-7H2,1-3H3. The maximum atomic E-state index is 3.96. The SMILES string of the molecule is Cc1nnsc1CNCCCN(C)C. The second-order valence-corrected chi connectivity index (χ2v) is 4.45. The molecule has 1 rings (SSSR count). The Labute approximate surface area is 89.5 Å². The van der Waals surface area contributed by atoms with Crippen molar-refractivity contribution in [3.63, 3.8) is 0 Å². The van der Waals surface area contributed by atoms with Crippen molar-refractivity contribution in [2.75, 3.05) is 27.2 Å². The summed E-state index contributed by atoms with van der Waals surface area (Å²) < 4.78 is 3.89. The number of nitrogens with one attached hydrogen (secondary N) is 1. The third-order valence-electron chi connectivity index (χ3n) is 1.99. The lowest BCUT2D eigenvalue weighted by Crippen LogP contribution is -2.20. The number of nitrogens with zero attached hydrogens (tertiary/aromatic N) is 3. The minimum atomic E-state index is 0.900. The van der Waals surface area contributed by atoms with Crippen molar-refractivity contribution < 1.29 is 0 Å². The average Bonchev–Trinajstić information content (AvgIpc) is 2.51. The molecule has 1 heterocycles. The van der Waals surface area contributed by atoms with Crippen molar-refractivity contribution in [3.8, 4) is 0 Å². The van der Waals surface area contributed by atoms with Gasteiger partial charge in [0, 0.05) is 6.54 Å². The van der Waals surface area contributed by atoms with E-state index in [1.807, 2.05) is 6.92 Å². The van der Waals surface area contributed by atoms with Crippen LogP contribution in [0.1, 0.15) is 17.0 Å². The Morgan fingerprint density at radius 2 is 2.21 bits per heavy atom. The van der Waals surface area contributed by atoms with Gasteiger partial charge in [0.15, 0.2) is 0 Å². The normalized spacial score (nSPS) is 11.1. The van der Waals surface area contributed by atoms with E-state index in [0.717, 1.165) is 25.3 Å². The highest BCUT2D eigenvalue weighted by molar-refractivity contribution is 7.05. The molecule has 0 aliphatic heterocycles. The predicted molar refractivity (Wildman–Crippen MR) is 59.5 cm³/mol. The number of aryl methyl sites for hydroxylation is 1. The van der Waals surface area contributed by atoms with Crippen LogP contribution in [-0.2, 0) is 6.54 Å². The van der Waals surface area contributed by atoms with Gasteiger partial charge in [0.1, 0.15) is 0 Å². The molecule has 0 atom stereocenters. The Morgan fingerprint density at radius 3 is 2.79 bits per heavy atom. The quantitative estimate of drug-likeness (QED) is 0.714. The van der Waals surface area contributed by atoms with Crippen LogP contribution in [-0.4, -0.2) is 41.7 Å². The molecule has 14 heavy (non-hydrogen) atoms. The van der Waals surface area contributed by atoms with Crippen LogP contribution in [0.15, 0.2) is 0 Å². The van der Waals surface area contributed by atoms with Gasteiger partial charge in [-0.3, -0.25) is 0 Å². The Kier molecular flexibility index (Phi) is 5.00. The first-order valence-electron chi connectivity index (χ1n) is 4.83. The van der Waals surface area contributed by atoms with Crippen LogP contribution in [0.5, 0.6) is 0 Å². The molecule has 1 aromatic heterocycles. The molecule has 5 heteroatoms. The Balaban J connectivity index is 2.08. The molecule has 1 N–H and O–H groups in total.